The van der Waals surface area contributed by atoms with E-state index in [1.807, 2.05) is 6.07 Å². The van der Waals surface area contributed by atoms with E-state index < -0.39 is 16.1 Å². The maximum Gasteiger partial charge on any atom is 0.417 e. The van der Waals surface area contributed by atoms with Crippen LogP contribution in [0.15, 0.2) is 54.6 Å². The lowest BCUT2D eigenvalue weighted by molar-refractivity contribution is 0.215. The average Bonchev–Trinajstić information content (AvgIpc) is 2.55. The standard InChI is InChI=1S/C16H18N2O4S/c1-2-23(20,21)17-12-13-8-10-14(11-9-13)18-16(19)22-15-6-4-3-5-7-15/h3-11,17H,2,12H2,1H3,(H,18,19). The van der Waals surface area contributed by atoms with Gasteiger partial charge in [-0.15, -0.1) is 0 Å². The molecule has 0 saturated heterocycles. The molecule has 0 bridgehead atoms. The molecule has 0 atom stereocenters. The van der Waals surface area contributed by atoms with E-state index in [1.165, 1.54) is 0 Å². The van der Waals surface area contributed by atoms with Crippen LogP contribution in [-0.4, -0.2) is 20.3 Å². The molecule has 0 unspecified atom stereocenters. The summed E-state index contributed by atoms with van der Waals surface area (Å²) in [7, 11) is -3.22. The Bertz CT molecular complexity index is 743. The van der Waals surface area contributed by atoms with Gasteiger partial charge in [-0.2, -0.15) is 0 Å². The van der Waals surface area contributed by atoms with Gasteiger partial charge in [0.15, 0.2) is 0 Å². The third-order valence-corrected chi connectivity index (χ3v) is 4.37. The van der Waals surface area contributed by atoms with Gasteiger partial charge in [-0.3, -0.25) is 5.32 Å². The van der Waals surface area contributed by atoms with Crippen molar-refractivity contribution in [1.29, 1.82) is 0 Å². The molecule has 2 aromatic carbocycles. The quantitative estimate of drug-likeness (QED) is 0.851. The molecule has 7 heteroatoms. The van der Waals surface area contributed by atoms with Crippen molar-refractivity contribution < 1.29 is 17.9 Å². The number of amides is 1. The van der Waals surface area contributed by atoms with E-state index in [-0.39, 0.29) is 12.3 Å². The van der Waals surface area contributed by atoms with Gasteiger partial charge in [0.25, 0.3) is 0 Å². The molecule has 0 saturated carbocycles. The van der Waals surface area contributed by atoms with E-state index in [0.717, 1.165) is 5.56 Å². The van der Waals surface area contributed by atoms with Crippen LogP contribution >= 0.6 is 0 Å². The number of carbonyl (C=O) groups is 1. The number of rotatable bonds is 6. The second-order valence-electron chi connectivity index (χ2n) is 4.75. The van der Waals surface area contributed by atoms with Crippen LogP contribution in [0.1, 0.15) is 12.5 Å². The zero-order valence-electron chi connectivity index (χ0n) is 12.7. The van der Waals surface area contributed by atoms with Gasteiger partial charge in [0, 0.05) is 12.2 Å². The highest BCUT2D eigenvalue weighted by Crippen LogP contribution is 2.13. The lowest BCUT2D eigenvalue weighted by Gasteiger charge is -2.08. The SMILES string of the molecule is CCS(=O)(=O)NCc1ccc(NC(=O)Oc2ccccc2)cc1. The topological polar surface area (TPSA) is 84.5 Å². The second-order valence-corrected chi connectivity index (χ2v) is 6.84. The number of sulfonamides is 1. The fourth-order valence-electron chi connectivity index (χ4n) is 1.74. The summed E-state index contributed by atoms with van der Waals surface area (Å²) < 4.78 is 30.3. The van der Waals surface area contributed by atoms with Gasteiger partial charge in [-0.05, 0) is 36.8 Å². The smallest absolute Gasteiger partial charge is 0.410 e. The van der Waals surface area contributed by atoms with Crippen molar-refractivity contribution in [2.75, 3.05) is 11.1 Å². The molecule has 0 aliphatic carbocycles. The van der Waals surface area contributed by atoms with E-state index in [0.29, 0.717) is 11.4 Å². The van der Waals surface area contributed by atoms with Gasteiger partial charge in [-0.1, -0.05) is 30.3 Å². The Morgan fingerprint density at radius 2 is 1.70 bits per heavy atom. The number of anilines is 1. The van der Waals surface area contributed by atoms with E-state index in [4.69, 9.17) is 4.74 Å². The first-order chi connectivity index (χ1) is 11.0. The monoisotopic (exact) mass is 334 g/mol. The molecular formula is C16H18N2O4S. The van der Waals surface area contributed by atoms with Gasteiger partial charge in [-0.25, -0.2) is 17.9 Å². The van der Waals surface area contributed by atoms with E-state index in [1.54, 1.807) is 55.5 Å². The van der Waals surface area contributed by atoms with E-state index in [9.17, 15) is 13.2 Å². The molecule has 0 aliphatic rings. The highest BCUT2D eigenvalue weighted by atomic mass is 32.2. The third-order valence-electron chi connectivity index (χ3n) is 3.03. The highest BCUT2D eigenvalue weighted by molar-refractivity contribution is 7.89. The van der Waals surface area contributed by atoms with Crippen molar-refractivity contribution >= 4 is 21.8 Å². The highest BCUT2D eigenvalue weighted by Gasteiger charge is 2.07. The summed E-state index contributed by atoms with van der Waals surface area (Å²) in [6.07, 6.45) is -0.587. The van der Waals surface area contributed by atoms with Crippen molar-refractivity contribution in [3.8, 4) is 5.75 Å². The Morgan fingerprint density at radius 3 is 2.30 bits per heavy atom. The summed E-state index contributed by atoms with van der Waals surface area (Å²) in [5.74, 6) is 0.494. The first-order valence-electron chi connectivity index (χ1n) is 7.08. The van der Waals surface area contributed by atoms with Crippen molar-refractivity contribution in [2.24, 2.45) is 0 Å². The molecule has 23 heavy (non-hydrogen) atoms. The second kappa shape index (κ2) is 7.75. The lowest BCUT2D eigenvalue weighted by Crippen LogP contribution is -2.24. The Balaban J connectivity index is 1.88. The van der Waals surface area contributed by atoms with Crippen LogP contribution in [0.25, 0.3) is 0 Å². The molecular weight excluding hydrogens is 316 g/mol. The summed E-state index contributed by atoms with van der Waals surface area (Å²) in [5.41, 5.74) is 1.36. The van der Waals surface area contributed by atoms with Crippen LogP contribution in [-0.2, 0) is 16.6 Å². The molecule has 0 aliphatic heterocycles. The molecule has 0 spiro atoms. The van der Waals surface area contributed by atoms with Crippen LogP contribution in [0.3, 0.4) is 0 Å². The first-order valence-corrected chi connectivity index (χ1v) is 8.74. The van der Waals surface area contributed by atoms with Crippen LogP contribution in [0.5, 0.6) is 5.75 Å². The van der Waals surface area contributed by atoms with Crippen molar-refractivity contribution in [3.63, 3.8) is 0 Å². The summed E-state index contributed by atoms with van der Waals surface area (Å²) in [6, 6.07) is 15.6. The number of ether oxygens (including phenoxy) is 1. The zero-order chi connectivity index (χ0) is 16.7. The number of para-hydroxylation sites is 1. The minimum atomic E-state index is -3.22. The Labute approximate surface area is 135 Å². The minimum absolute atomic E-state index is 0.0396. The molecule has 2 aromatic rings. The summed E-state index contributed by atoms with van der Waals surface area (Å²) in [5, 5.41) is 2.60. The van der Waals surface area contributed by atoms with Crippen LogP contribution in [0.4, 0.5) is 10.5 Å². The largest absolute Gasteiger partial charge is 0.417 e. The van der Waals surface area contributed by atoms with Gasteiger partial charge in [0.1, 0.15) is 5.75 Å². The van der Waals surface area contributed by atoms with Gasteiger partial charge in [0.05, 0.1) is 5.75 Å². The van der Waals surface area contributed by atoms with Crippen molar-refractivity contribution in [2.45, 2.75) is 13.5 Å². The molecule has 0 aromatic heterocycles. The lowest BCUT2D eigenvalue weighted by atomic mass is 10.2. The fourth-order valence-corrected chi connectivity index (χ4v) is 2.33. The average molecular weight is 334 g/mol. The van der Waals surface area contributed by atoms with Crippen molar-refractivity contribution in [3.05, 3.63) is 60.2 Å². The maximum atomic E-state index is 11.7. The third kappa shape index (κ3) is 5.72. The fraction of sp³-hybridized carbons (Fsp3) is 0.188. The Hall–Kier alpha value is -2.38. The van der Waals surface area contributed by atoms with Gasteiger partial charge < -0.3 is 4.74 Å². The van der Waals surface area contributed by atoms with E-state index >= 15 is 0 Å². The maximum absolute atomic E-state index is 11.7. The molecule has 0 fully saturated rings. The molecule has 0 radical (unpaired) electrons. The summed E-state index contributed by atoms with van der Waals surface area (Å²) in [4.78, 5) is 11.7. The summed E-state index contributed by atoms with van der Waals surface area (Å²) in [6.45, 7) is 1.79. The molecule has 1 amide bonds. The molecule has 122 valence electrons. The van der Waals surface area contributed by atoms with Gasteiger partial charge >= 0.3 is 6.09 Å². The molecule has 6 nitrogen and oxygen atoms in total. The minimum Gasteiger partial charge on any atom is -0.410 e. The molecule has 2 rings (SSSR count). The predicted molar refractivity (Wildman–Crippen MR) is 88.8 cm³/mol. The first kappa shape index (κ1) is 17.0. The summed E-state index contributed by atoms with van der Waals surface area (Å²) >= 11 is 0. The van der Waals surface area contributed by atoms with Crippen molar-refractivity contribution in [1.82, 2.24) is 4.72 Å². The van der Waals surface area contributed by atoms with E-state index in [2.05, 4.69) is 10.0 Å². The van der Waals surface area contributed by atoms with Crippen LogP contribution in [0, 0.1) is 0 Å². The van der Waals surface area contributed by atoms with Gasteiger partial charge in [0.2, 0.25) is 10.0 Å². The number of nitrogens with one attached hydrogen (secondary N) is 2. The number of carbonyl (C=O) groups excluding carboxylic acids is 1. The predicted octanol–water partition coefficient (Wildman–Crippen LogP) is 2.74. The number of benzene rings is 2. The number of hydrogen-bond acceptors (Lipinski definition) is 4. The normalized spacial score (nSPS) is 11.0. The zero-order valence-corrected chi connectivity index (χ0v) is 13.5. The van der Waals surface area contributed by atoms with Crippen LogP contribution < -0.4 is 14.8 Å². The Kier molecular flexibility index (Phi) is 5.72. The van der Waals surface area contributed by atoms with Crippen LogP contribution in [0.2, 0.25) is 0 Å². The molecule has 0 heterocycles. The molecule has 2 N–H and O–H groups in total. The Morgan fingerprint density at radius 1 is 1.04 bits per heavy atom. The number of hydrogen-bond donors (Lipinski definition) is 2.